The van der Waals surface area contributed by atoms with Crippen molar-refractivity contribution in [3.05, 3.63) is 50.8 Å². The highest BCUT2D eigenvalue weighted by Crippen LogP contribution is 2.30. The van der Waals surface area contributed by atoms with Crippen LogP contribution in [0.1, 0.15) is 50.6 Å². The van der Waals surface area contributed by atoms with Crippen molar-refractivity contribution < 1.29 is 24.2 Å². The topological polar surface area (TPSA) is 77.8 Å². The molecule has 1 atom stereocenters. The number of ketones is 1. The van der Waals surface area contributed by atoms with E-state index in [0.717, 1.165) is 17.0 Å². The average molecular weight is 438 g/mol. The molecule has 2 aromatic rings. The number of hydrogen-bond acceptors (Lipinski definition) is 5. The molecule has 1 unspecified atom stereocenters. The van der Waals surface area contributed by atoms with Crippen LogP contribution < -0.4 is 0 Å². The van der Waals surface area contributed by atoms with E-state index in [1.165, 1.54) is 6.07 Å². The molecule has 0 bridgehead atoms. The third kappa shape index (κ3) is 4.59. The lowest BCUT2D eigenvalue weighted by molar-refractivity contribution is 0.0471. The zero-order chi connectivity index (χ0) is 20.3. The minimum atomic E-state index is -0.744. The van der Waals surface area contributed by atoms with Gasteiger partial charge in [-0.1, -0.05) is 0 Å². The summed E-state index contributed by atoms with van der Waals surface area (Å²) in [5, 5.41) is 10.0. The molecule has 27 heavy (non-hydrogen) atoms. The number of methoxy groups -OCH3 is 1. The summed E-state index contributed by atoms with van der Waals surface area (Å²) in [5.74, 6) is -1.24. The smallest absolute Gasteiger partial charge is 0.342 e. The first kappa shape index (κ1) is 21.2. The molecule has 6 nitrogen and oxygen atoms in total. The summed E-state index contributed by atoms with van der Waals surface area (Å²) in [6, 6.07) is 5.08. The van der Waals surface area contributed by atoms with Gasteiger partial charge in [-0.25, -0.2) is 4.79 Å². The highest BCUT2D eigenvalue weighted by atomic mass is 79.9. The molecule has 0 radical (unpaired) electrons. The molecule has 146 valence electrons. The van der Waals surface area contributed by atoms with Crippen LogP contribution in [0.5, 0.6) is 5.75 Å². The van der Waals surface area contributed by atoms with Crippen LogP contribution in [0.15, 0.2) is 22.7 Å². The summed E-state index contributed by atoms with van der Waals surface area (Å²) in [7, 11) is 1.63. The van der Waals surface area contributed by atoms with Crippen LogP contribution in [0, 0.1) is 20.8 Å². The molecule has 0 amide bonds. The Kier molecular flexibility index (Phi) is 6.84. The van der Waals surface area contributed by atoms with Gasteiger partial charge in [0.1, 0.15) is 11.3 Å². The first-order valence-corrected chi connectivity index (χ1v) is 9.33. The molecule has 0 aliphatic heterocycles. The second kappa shape index (κ2) is 8.71. The Morgan fingerprint density at radius 1 is 1.19 bits per heavy atom. The second-order valence-electron chi connectivity index (χ2n) is 6.60. The van der Waals surface area contributed by atoms with Gasteiger partial charge >= 0.3 is 5.97 Å². The Morgan fingerprint density at radius 3 is 2.48 bits per heavy atom. The molecule has 1 aromatic heterocycles. The van der Waals surface area contributed by atoms with Gasteiger partial charge < -0.3 is 19.1 Å². The van der Waals surface area contributed by atoms with Crippen molar-refractivity contribution in [3.8, 4) is 5.75 Å². The van der Waals surface area contributed by atoms with E-state index in [9.17, 15) is 14.7 Å². The van der Waals surface area contributed by atoms with E-state index in [2.05, 4.69) is 15.9 Å². The van der Waals surface area contributed by atoms with Gasteiger partial charge in [-0.15, -0.1) is 0 Å². The van der Waals surface area contributed by atoms with Gasteiger partial charge in [0.15, 0.2) is 6.61 Å². The van der Waals surface area contributed by atoms with Crippen LogP contribution in [0.3, 0.4) is 0 Å². The number of phenols is 1. The monoisotopic (exact) mass is 437 g/mol. The van der Waals surface area contributed by atoms with Gasteiger partial charge in [0.2, 0.25) is 5.78 Å². The summed E-state index contributed by atoms with van der Waals surface area (Å²) in [6.45, 7) is 7.72. The minimum Gasteiger partial charge on any atom is -0.506 e. The van der Waals surface area contributed by atoms with E-state index in [0.29, 0.717) is 16.6 Å². The lowest BCUT2D eigenvalue weighted by Gasteiger charge is -2.17. The molecule has 2 rings (SSSR count). The van der Waals surface area contributed by atoms with Crippen LogP contribution in [-0.2, 0) is 9.47 Å². The first-order valence-electron chi connectivity index (χ1n) is 8.54. The third-order valence-corrected chi connectivity index (χ3v) is 5.00. The fourth-order valence-electron chi connectivity index (χ4n) is 3.23. The molecule has 0 saturated heterocycles. The van der Waals surface area contributed by atoms with Gasteiger partial charge in [0.05, 0.1) is 17.1 Å². The zero-order valence-corrected chi connectivity index (χ0v) is 17.7. The van der Waals surface area contributed by atoms with Crippen molar-refractivity contribution in [3.63, 3.8) is 0 Å². The van der Waals surface area contributed by atoms with E-state index in [1.807, 2.05) is 25.3 Å². The van der Waals surface area contributed by atoms with E-state index < -0.39 is 12.6 Å². The predicted molar refractivity (Wildman–Crippen MR) is 106 cm³/mol. The Labute approximate surface area is 167 Å². The van der Waals surface area contributed by atoms with Crippen LogP contribution in [0.25, 0.3) is 0 Å². The molecule has 7 heteroatoms. The minimum absolute atomic E-state index is 0.0221. The highest BCUT2D eigenvalue weighted by Gasteiger charge is 2.21. The van der Waals surface area contributed by atoms with E-state index in [-0.39, 0.29) is 23.1 Å². The normalized spacial score (nSPS) is 12.1. The number of halogens is 1. The molecule has 0 aliphatic carbocycles. The number of aromatic hydroxyl groups is 1. The number of ether oxygens (including phenoxy) is 2. The molecule has 1 heterocycles. The Bertz CT molecular complexity index is 872. The number of aryl methyl sites for hydroxylation is 2. The van der Waals surface area contributed by atoms with Crippen molar-refractivity contribution in [2.45, 2.75) is 33.7 Å². The maximum Gasteiger partial charge on any atom is 0.342 e. The number of hydrogen-bond donors (Lipinski definition) is 1. The van der Waals surface area contributed by atoms with Gasteiger partial charge in [0, 0.05) is 24.1 Å². The van der Waals surface area contributed by atoms with Crippen molar-refractivity contribution in [1.29, 1.82) is 0 Å². The SMILES string of the molecule is COCC(C)n1c(C)cc(C(=O)COC(=O)c2cc(C)cc(Br)c2O)c1C. The van der Waals surface area contributed by atoms with E-state index >= 15 is 0 Å². The average Bonchev–Trinajstić information content (AvgIpc) is 2.90. The number of esters is 1. The third-order valence-electron chi connectivity index (χ3n) is 4.40. The fourth-order valence-corrected chi connectivity index (χ4v) is 3.80. The van der Waals surface area contributed by atoms with Crippen LogP contribution in [0.2, 0.25) is 0 Å². The van der Waals surface area contributed by atoms with Crippen molar-refractivity contribution in [2.24, 2.45) is 0 Å². The first-order chi connectivity index (χ1) is 12.7. The number of rotatable bonds is 7. The standard InChI is InChI=1S/C20H24BrNO5/c1-11-6-16(19(24)17(21)7-11)20(25)27-10-18(23)15-8-12(2)22(14(15)4)13(3)9-26-5/h6-8,13,24H,9-10H2,1-5H3. The Balaban J connectivity index is 2.15. The highest BCUT2D eigenvalue weighted by molar-refractivity contribution is 9.10. The number of benzene rings is 1. The van der Waals surface area contributed by atoms with Crippen LogP contribution >= 0.6 is 15.9 Å². The Morgan fingerprint density at radius 2 is 1.85 bits per heavy atom. The molecule has 1 N–H and O–H groups in total. The molecular weight excluding hydrogens is 414 g/mol. The number of aromatic nitrogens is 1. The summed E-state index contributed by atoms with van der Waals surface area (Å²) in [5.41, 5.74) is 3.06. The van der Waals surface area contributed by atoms with E-state index in [1.54, 1.807) is 26.2 Å². The number of phenolic OH excluding ortho intramolecular Hbond substituents is 1. The molecule has 0 aliphatic rings. The number of carbonyl (C=O) groups is 2. The molecule has 0 fully saturated rings. The summed E-state index contributed by atoms with van der Waals surface area (Å²) in [6.07, 6.45) is 0. The van der Waals surface area contributed by atoms with E-state index in [4.69, 9.17) is 9.47 Å². The quantitative estimate of drug-likeness (QED) is 0.520. The molecule has 0 saturated carbocycles. The maximum atomic E-state index is 12.6. The molecule has 0 spiro atoms. The van der Waals surface area contributed by atoms with Crippen LogP contribution in [-0.4, -0.2) is 41.7 Å². The molecule has 1 aromatic carbocycles. The summed E-state index contributed by atoms with van der Waals surface area (Å²) < 4.78 is 12.8. The number of carbonyl (C=O) groups excluding carboxylic acids is 2. The maximum absolute atomic E-state index is 12.6. The van der Waals surface area contributed by atoms with Gasteiger partial charge in [0.25, 0.3) is 0 Å². The van der Waals surface area contributed by atoms with Crippen molar-refractivity contribution in [2.75, 3.05) is 20.3 Å². The van der Waals surface area contributed by atoms with Crippen LogP contribution in [0.4, 0.5) is 0 Å². The van der Waals surface area contributed by atoms with Crippen molar-refractivity contribution in [1.82, 2.24) is 4.57 Å². The number of Topliss-reactive ketones (excluding diaryl/α,β-unsaturated/α-hetero) is 1. The lowest BCUT2D eigenvalue weighted by atomic mass is 10.1. The largest absolute Gasteiger partial charge is 0.506 e. The Hall–Kier alpha value is -2.12. The summed E-state index contributed by atoms with van der Waals surface area (Å²) in [4.78, 5) is 24.9. The lowest BCUT2D eigenvalue weighted by Crippen LogP contribution is -2.17. The second-order valence-corrected chi connectivity index (χ2v) is 7.46. The number of nitrogens with zero attached hydrogens (tertiary/aromatic N) is 1. The van der Waals surface area contributed by atoms with Gasteiger partial charge in [-0.2, -0.15) is 0 Å². The molecular formula is C20H24BrNO5. The van der Waals surface area contributed by atoms with Gasteiger partial charge in [-0.3, -0.25) is 4.79 Å². The summed E-state index contributed by atoms with van der Waals surface area (Å²) >= 11 is 3.19. The van der Waals surface area contributed by atoms with Crippen molar-refractivity contribution >= 4 is 27.7 Å². The predicted octanol–water partition coefficient (Wildman–Crippen LogP) is 4.13. The fraction of sp³-hybridized carbons (Fsp3) is 0.400. The zero-order valence-electron chi connectivity index (χ0n) is 16.1. The van der Waals surface area contributed by atoms with Gasteiger partial charge in [-0.05, 0) is 67.4 Å².